The summed E-state index contributed by atoms with van der Waals surface area (Å²) in [7, 11) is 0. The van der Waals surface area contributed by atoms with Gasteiger partial charge in [0.05, 0.1) is 12.2 Å². The molecule has 2 rings (SSSR count). The van der Waals surface area contributed by atoms with Crippen molar-refractivity contribution >= 4 is 21.8 Å². The molecule has 17 heavy (non-hydrogen) atoms. The van der Waals surface area contributed by atoms with Gasteiger partial charge in [0.1, 0.15) is 5.60 Å². The van der Waals surface area contributed by atoms with E-state index >= 15 is 0 Å². The van der Waals surface area contributed by atoms with Crippen LogP contribution in [0.25, 0.3) is 0 Å². The molecule has 2 N–H and O–H groups in total. The van der Waals surface area contributed by atoms with E-state index in [-0.39, 0.29) is 19.1 Å². The van der Waals surface area contributed by atoms with Gasteiger partial charge in [-0.05, 0) is 28.1 Å². The number of rotatable bonds is 3. The Morgan fingerprint density at radius 3 is 2.94 bits per heavy atom. The molecule has 1 amide bonds. The van der Waals surface area contributed by atoms with Crippen molar-refractivity contribution in [3.8, 4) is 0 Å². The van der Waals surface area contributed by atoms with Gasteiger partial charge in [0, 0.05) is 24.0 Å². The smallest absolute Gasteiger partial charge is 0.252 e. The van der Waals surface area contributed by atoms with Gasteiger partial charge in [-0.15, -0.1) is 0 Å². The van der Waals surface area contributed by atoms with E-state index in [9.17, 15) is 9.90 Å². The van der Waals surface area contributed by atoms with Crippen molar-refractivity contribution in [1.29, 1.82) is 0 Å². The number of carbonyl (C=O) groups excluding carboxylic acids is 1. The van der Waals surface area contributed by atoms with E-state index in [2.05, 4.69) is 21.2 Å². The first-order valence-electron chi connectivity index (χ1n) is 5.44. The third-order valence-electron chi connectivity index (χ3n) is 2.78. The molecular formula is C12H14BrNO3. The zero-order valence-electron chi connectivity index (χ0n) is 9.28. The molecule has 0 aromatic heterocycles. The van der Waals surface area contributed by atoms with Crippen molar-refractivity contribution in [3.05, 3.63) is 34.3 Å². The van der Waals surface area contributed by atoms with E-state index in [1.165, 1.54) is 0 Å². The third-order valence-corrected chi connectivity index (χ3v) is 3.47. The number of hydrogen-bond donors (Lipinski definition) is 2. The maximum atomic E-state index is 11.9. The van der Waals surface area contributed by atoms with Crippen molar-refractivity contribution in [1.82, 2.24) is 5.32 Å². The fraction of sp³-hybridized carbons (Fsp3) is 0.417. The van der Waals surface area contributed by atoms with Crippen LogP contribution in [0.3, 0.4) is 0 Å². The van der Waals surface area contributed by atoms with Crippen LogP contribution in [0.1, 0.15) is 16.8 Å². The van der Waals surface area contributed by atoms with Gasteiger partial charge in [-0.2, -0.15) is 0 Å². The van der Waals surface area contributed by atoms with Gasteiger partial charge >= 0.3 is 0 Å². The molecule has 0 saturated carbocycles. The van der Waals surface area contributed by atoms with Crippen molar-refractivity contribution < 1.29 is 14.6 Å². The predicted molar refractivity (Wildman–Crippen MR) is 66.9 cm³/mol. The van der Waals surface area contributed by atoms with Crippen molar-refractivity contribution in [2.24, 2.45) is 0 Å². The van der Waals surface area contributed by atoms with Crippen molar-refractivity contribution in [2.45, 2.75) is 12.0 Å². The van der Waals surface area contributed by atoms with E-state index in [4.69, 9.17) is 4.74 Å². The van der Waals surface area contributed by atoms with E-state index in [0.29, 0.717) is 18.6 Å². The van der Waals surface area contributed by atoms with Gasteiger partial charge in [-0.1, -0.05) is 12.1 Å². The summed E-state index contributed by atoms with van der Waals surface area (Å²) >= 11 is 3.32. The van der Waals surface area contributed by atoms with Crippen molar-refractivity contribution in [3.63, 3.8) is 0 Å². The molecular weight excluding hydrogens is 286 g/mol. The van der Waals surface area contributed by atoms with Gasteiger partial charge in [0.25, 0.3) is 5.91 Å². The van der Waals surface area contributed by atoms with Gasteiger partial charge < -0.3 is 15.2 Å². The molecule has 1 aromatic rings. The van der Waals surface area contributed by atoms with Gasteiger partial charge in [-0.3, -0.25) is 4.79 Å². The molecule has 0 spiro atoms. The highest BCUT2D eigenvalue weighted by Gasteiger charge is 2.32. The summed E-state index contributed by atoms with van der Waals surface area (Å²) in [6.07, 6.45) is 0.559. The highest BCUT2D eigenvalue weighted by atomic mass is 79.9. The lowest BCUT2D eigenvalue weighted by atomic mass is 10.0. The quantitative estimate of drug-likeness (QED) is 0.885. The van der Waals surface area contributed by atoms with E-state index in [1.807, 2.05) is 12.1 Å². The van der Waals surface area contributed by atoms with Crippen LogP contribution < -0.4 is 5.32 Å². The Morgan fingerprint density at radius 1 is 1.53 bits per heavy atom. The molecule has 0 radical (unpaired) electrons. The largest absolute Gasteiger partial charge is 0.386 e. The maximum absolute atomic E-state index is 11.9. The van der Waals surface area contributed by atoms with Crippen LogP contribution in [0.15, 0.2) is 28.7 Å². The van der Waals surface area contributed by atoms with Crippen LogP contribution >= 0.6 is 15.9 Å². The Labute approximate surface area is 108 Å². The molecule has 1 unspecified atom stereocenters. The summed E-state index contributed by atoms with van der Waals surface area (Å²) in [5.41, 5.74) is -0.355. The minimum atomic E-state index is -0.920. The molecule has 0 aliphatic carbocycles. The lowest BCUT2D eigenvalue weighted by molar-refractivity contribution is 0.0264. The normalized spacial score (nSPS) is 23.6. The van der Waals surface area contributed by atoms with Crippen molar-refractivity contribution in [2.75, 3.05) is 19.8 Å². The number of ether oxygens (including phenoxy) is 1. The van der Waals surface area contributed by atoms with Crippen LogP contribution in [0.5, 0.6) is 0 Å². The Balaban J connectivity index is 1.96. The van der Waals surface area contributed by atoms with Crippen LogP contribution in [0.2, 0.25) is 0 Å². The van der Waals surface area contributed by atoms with Gasteiger partial charge in [0.15, 0.2) is 0 Å². The Morgan fingerprint density at radius 2 is 2.29 bits per heavy atom. The number of hydrogen-bond acceptors (Lipinski definition) is 3. The number of nitrogens with one attached hydrogen (secondary N) is 1. The maximum Gasteiger partial charge on any atom is 0.252 e. The fourth-order valence-corrected chi connectivity index (χ4v) is 2.19. The van der Waals surface area contributed by atoms with E-state index < -0.39 is 5.60 Å². The second-order valence-electron chi connectivity index (χ2n) is 4.19. The standard InChI is InChI=1S/C12H14BrNO3/c13-10-4-2-1-3-9(10)11(15)14-7-12(16)5-6-17-8-12/h1-4,16H,5-8H2,(H,14,15). The minimum absolute atomic E-state index is 0.196. The van der Waals surface area contributed by atoms with E-state index in [0.717, 1.165) is 4.47 Å². The van der Waals surface area contributed by atoms with Gasteiger partial charge in [-0.25, -0.2) is 0 Å². The van der Waals surface area contributed by atoms with Crippen LogP contribution in [-0.4, -0.2) is 36.4 Å². The Bertz CT molecular complexity index is 416. The third kappa shape index (κ3) is 3.06. The molecule has 1 heterocycles. The molecule has 1 aliphatic heterocycles. The molecule has 1 atom stereocenters. The topological polar surface area (TPSA) is 58.6 Å². The average Bonchev–Trinajstić information content (AvgIpc) is 2.74. The molecule has 5 heteroatoms. The highest BCUT2D eigenvalue weighted by Crippen LogP contribution is 2.18. The summed E-state index contributed by atoms with van der Waals surface area (Å²) in [4.78, 5) is 11.9. The lowest BCUT2D eigenvalue weighted by Gasteiger charge is -2.20. The Kier molecular flexibility index (Phi) is 3.81. The molecule has 1 saturated heterocycles. The summed E-state index contributed by atoms with van der Waals surface area (Å²) in [6, 6.07) is 7.18. The molecule has 1 aliphatic rings. The summed E-state index contributed by atoms with van der Waals surface area (Å²) < 4.78 is 5.85. The van der Waals surface area contributed by atoms with Crippen LogP contribution in [-0.2, 0) is 4.74 Å². The highest BCUT2D eigenvalue weighted by molar-refractivity contribution is 9.10. The van der Waals surface area contributed by atoms with E-state index in [1.54, 1.807) is 12.1 Å². The zero-order valence-corrected chi connectivity index (χ0v) is 10.9. The first-order valence-corrected chi connectivity index (χ1v) is 6.23. The SMILES string of the molecule is O=C(NCC1(O)CCOC1)c1ccccc1Br. The number of amides is 1. The Hall–Kier alpha value is -0.910. The molecule has 4 nitrogen and oxygen atoms in total. The van der Waals surface area contributed by atoms with Crippen LogP contribution in [0.4, 0.5) is 0 Å². The van der Waals surface area contributed by atoms with Gasteiger partial charge in [0.2, 0.25) is 0 Å². The molecule has 1 fully saturated rings. The second-order valence-corrected chi connectivity index (χ2v) is 5.04. The molecule has 1 aromatic carbocycles. The number of aliphatic hydroxyl groups is 1. The molecule has 0 bridgehead atoms. The summed E-state index contributed by atoms with van der Waals surface area (Å²) in [6.45, 7) is 1.04. The lowest BCUT2D eigenvalue weighted by Crippen LogP contribution is -2.43. The minimum Gasteiger partial charge on any atom is -0.386 e. The van der Waals surface area contributed by atoms with Crippen LogP contribution in [0, 0.1) is 0 Å². The monoisotopic (exact) mass is 299 g/mol. The predicted octanol–water partition coefficient (Wildman–Crippen LogP) is 1.33. The zero-order chi connectivity index (χ0) is 12.3. The molecule has 92 valence electrons. The summed E-state index contributed by atoms with van der Waals surface area (Å²) in [5.74, 6) is -0.196. The first-order chi connectivity index (χ1) is 8.11. The number of benzene rings is 1. The second kappa shape index (κ2) is 5.16. The number of halogens is 1. The number of carbonyl (C=O) groups is 1. The summed E-state index contributed by atoms with van der Waals surface area (Å²) in [5, 5.41) is 12.7. The fourth-order valence-electron chi connectivity index (χ4n) is 1.72. The first kappa shape index (κ1) is 12.5. The average molecular weight is 300 g/mol.